The number of aromatic nitrogens is 1. The number of anilines is 1. The van der Waals surface area contributed by atoms with Crippen LogP contribution < -0.4 is 15.2 Å². The number of rotatable bonds is 2. The largest absolute Gasteiger partial charge is 0.454 e. The van der Waals surface area contributed by atoms with Crippen molar-refractivity contribution in [2.75, 3.05) is 12.5 Å². The zero-order chi connectivity index (χ0) is 12.8. The summed E-state index contributed by atoms with van der Waals surface area (Å²) in [6.07, 6.45) is 3.56. The Morgan fingerprint density at radius 3 is 2.79 bits per heavy atom. The third kappa shape index (κ3) is 1.58. The highest BCUT2D eigenvalue weighted by atomic mass is 16.7. The first-order valence-electron chi connectivity index (χ1n) is 6.48. The topological polar surface area (TPSA) is 70.5 Å². The van der Waals surface area contributed by atoms with Crippen LogP contribution in [0.5, 0.6) is 11.5 Å². The van der Waals surface area contributed by atoms with Crippen molar-refractivity contribution < 1.29 is 14.0 Å². The summed E-state index contributed by atoms with van der Waals surface area (Å²) < 4.78 is 15.9. The van der Waals surface area contributed by atoms with E-state index < -0.39 is 0 Å². The quantitative estimate of drug-likeness (QED) is 0.896. The predicted octanol–water partition coefficient (Wildman–Crippen LogP) is 2.92. The van der Waals surface area contributed by atoms with Gasteiger partial charge in [0.05, 0.1) is 11.3 Å². The smallest absolute Gasteiger partial charge is 0.231 e. The number of nitrogens with zero attached hydrogens (tertiary/aromatic N) is 1. The second-order valence-corrected chi connectivity index (χ2v) is 5.00. The molecule has 1 aromatic carbocycles. The van der Waals surface area contributed by atoms with Gasteiger partial charge in [0.1, 0.15) is 0 Å². The molecule has 0 radical (unpaired) electrons. The van der Waals surface area contributed by atoms with Gasteiger partial charge in [0, 0.05) is 5.92 Å². The number of benzene rings is 1. The molecule has 0 atom stereocenters. The first-order valence-corrected chi connectivity index (χ1v) is 6.48. The van der Waals surface area contributed by atoms with Gasteiger partial charge < -0.3 is 19.7 Å². The summed E-state index contributed by atoms with van der Waals surface area (Å²) in [6.45, 7) is 0.271. The van der Waals surface area contributed by atoms with E-state index in [1.165, 1.54) is 6.42 Å². The van der Waals surface area contributed by atoms with Crippen LogP contribution in [-0.2, 0) is 0 Å². The first-order chi connectivity index (χ1) is 9.33. The monoisotopic (exact) mass is 258 g/mol. The molecule has 2 heterocycles. The molecule has 1 aliphatic heterocycles. The van der Waals surface area contributed by atoms with Gasteiger partial charge in [0.25, 0.3) is 0 Å². The predicted molar refractivity (Wildman–Crippen MR) is 69.1 cm³/mol. The maximum Gasteiger partial charge on any atom is 0.231 e. The van der Waals surface area contributed by atoms with Gasteiger partial charge in [-0.2, -0.15) is 0 Å². The molecule has 0 saturated heterocycles. The summed E-state index contributed by atoms with van der Waals surface area (Å²) in [7, 11) is 0. The van der Waals surface area contributed by atoms with Crippen LogP contribution in [0.25, 0.3) is 11.1 Å². The van der Waals surface area contributed by atoms with Crippen molar-refractivity contribution >= 4 is 5.88 Å². The third-order valence-electron chi connectivity index (χ3n) is 3.90. The van der Waals surface area contributed by atoms with Crippen LogP contribution in [0, 0.1) is 0 Å². The van der Waals surface area contributed by atoms with Gasteiger partial charge in [-0.15, -0.1) is 0 Å². The molecule has 1 aliphatic carbocycles. The Morgan fingerprint density at radius 1 is 1.16 bits per heavy atom. The fourth-order valence-corrected chi connectivity index (χ4v) is 2.62. The second kappa shape index (κ2) is 3.91. The molecule has 2 aliphatic rings. The van der Waals surface area contributed by atoms with Crippen LogP contribution >= 0.6 is 0 Å². The molecule has 0 spiro atoms. The Labute approximate surface area is 110 Å². The Balaban J connectivity index is 1.81. The number of fused-ring (bicyclic) bond motifs is 1. The summed E-state index contributed by atoms with van der Waals surface area (Å²) in [6, 6.07) is 5.81. The molecule has 0 bridgehead atoms. The molecule has 98 valence electrons. The summed E-state index contributed by atoms with van der Waals surface area (Å²) in [5.74, 6) is 2.36. The molecule has 2 aromatic rings. The van der Waals surface area contributed by atoms with E-state index in [9.17, 15) is 0 Å². The van der Waals surface area contributed by atoms with Gasteiger partial charge in [-0.1, -0.05) is 17.6 Å². The van der Waals surface area contributed by atoms with Gasteiger partial charge in [0.2, 0.25) is 12.7 Å². The summed E-state index contributed by atoms with van der Waals surface area (Å²) >= 11 is 0. The Hall–Kier alpha value is -2.17. The lowest BCUT2D eigenvalue weighted by Gasteiger charge is -2.23. The van der Waals surface area contributed by atoms with E-state index in [1.807, 2.05) is 18.2 Å². The maximum atomic E-state index is 5.93. The highest BCUT2D eigenvalue weighted by molar-refractivity contribution is 5.77. The number of hydrogen-bond donors (Lipinski definition) is 1. The molecule has 5 heteroatoms. The summed E-state index contributed by atoms with van der Waals surface area (Å²) in [4.78, 5) is 0. The molecule has 2 N–H and O–H groups in total. The summed E-state index contributed by atoms with van der Waals surface area (Å²) in [5.41, 5.74) is 8.79. The van der Waals surface area contributed by atoms with E-state index in [1.54, 1.807) is 0 Å². The molecule has 1 fully saturated rings. The van der Waals surface area contributed by atoms with Gasteiger partial charge in [0.15, 0.2) is 11.5 Å². The lowest BCUT2D eigenvalue weighted by molar-refractivity contribution is 0.174. The Bertz CT molecular complexity index is 632. The zero-order valence-corrected chi connectivity index (χ0v) is 10.4. The number of hydrogen-bond acceptors (Lipinski definition) is 5. The molecule has 0 unspecified atom stereocenters. The van der Waals surface area contributed by atoms with Crippen LogP contribution in [0.1, 0.15) is 30.9 Å². The van der Waals surface area contributed by atoms with E-state index in [0.717, 1.165) is 41.2 Å². The lowest BCUT2D eigenvalue weighted by atomic mass is 9.80. The van der Waals surface area contributed by atoms with Crippen molar-refractivity contribution in [1.82, 2.24) is 5.16 Å². The molecule has 1 aromatic heterocycles. The third-order valence-corrected chi connectivity index (χ3v) is 3.90. The standard InChI is InChI=1S/C14H14N2O3/c15-14-12(13(16-19-14)8-2-1-3-8)9-4-5-10-11(6-9)18-7-17-10/h4-6,8H,1-3,7,15H2. The molecule has 1 saturated carbocycles. The molecule has 19 heavy (non-hydrogen) atoms. The van der Waals surface area contributed by atoms with Gasteiger partial charge in [-0.05, 0) is 30.5 Å². The van der Waals surface area contributed by atoms with Gasteiger partial charge in [-0.25, -0.2) is 0 Å². The van der Waals surface area contributed by atoms with Crippen molar-refractivity contribution in [3.05, 3.63) is 23.9 Å². The van der Waals surface area contributed by atoms with Gasteiger partial charge >= 0.3 is 0 Å². The van der Waals surface area contributed by atoms with Crippen molar-refractivity contribution in [3.63, 3.8) is 0 Å². The van der Waals surface area contributed by atoms with Crippen LogP contribution in [0.2, 0.25) is 0 Å². The van der Waals surface area contributed by atoms with Crippen molar-refractivity contribution in [2.45, 2.75) is 25.2 Å². The summed E-state index contributed by atoms with van der Waals surface area (Å²) in [5, 5.41) is 4.14. The molecular weight excluding hydrogens is 244 g/mol. The molecular formula is C14H14N2O3. The molecule has 0 amide bonds. The van der Waals surface area contributed by atoms with E-state index in [0.29, 0.717) is 11.8 Å². The minimum absolute atomic E-state index is 0.271. The average Bonchev–Trinajstić information content (AvgIpc) is 2.93. The van der Waals surface area contributed by atoms with Crippen LogP contribution in [0.3, 0.4) is 0 Å². The number of ether oxygens (including phenoxy) is 2. The van der Waals surface area contributed by atoms with Crippen molar-refractivity contribution in [1.29, 1.82) is 0 Å². The van der Waals surface area contributed by atoms with Crippen LogP contribution in [-0.4, -0.2) is 11.9 Å². The van der Waals surface area contributed by atoms with Crippen molar-refractivity contribution in [2.24, 2.45) is 0 Å². The lowest BCUT2D eigenvalue weighted by Crippen LogP contribution is -2.10. The van der Waals surface area contributed by atoms with Crippen molar-refractivity contribution in [3.8, 4) is 22.6 Å². The van der Waals surface area contributed by atoms with E-state index in [-0.39, 0.29) is 6.79 Å². The minimum atomic E-state index is 0.271. The van der Waals surface area contributed by atoms with E-state index in [2.05, 4.69) is 5.16 Å². The van der Waals surface area contributed by atoms with Crippen LogP contribution in [0.15, 0.2) is 22.7 Å². The highest BCUT2D eigenvalue weighted by Crippen LogP contribution is 2.44. The highest BCUT2D eigenvalue weighted by Gasteiger charge is 2.29. The SMILES string of the molecule is Nc1onc(C2CCC2)c1-c1ccc2c(c1)OCO2. The van der Waals surface area contributed by atoms with E-state index in [4.69, 9.17) is 19.7 Å². The fourth-order valence-electron chi connectivity index (χ4n) is 2.62. The zero-order valence-electron chi connectivity index (χ0n) is 10.4. The number of nitrogens with two attached hydrogens (primary N) is 1. The second-order valence-electron chi connectivity index (χ2n) is 5.00. The average molecular weight is 258 g/mol. The Kier molecular flexibility index (Phi) is 2.21. The van der Waals surface area contributed by atoms with Gasteiger partial charge in [-0.3, -0.25) is 0 Å². The fraction of sp³-hybridized carbons (Fsp3) is 0.357. The number of nitrogen functional groups attached to an aromatic ring is 1. The first kappa shape index (κ1) is 10.7. The van der Waals surface area contributed by atoms with Crippen LogP contribution in [0.4, 0.5) is 5.88 Å². The normalized spacial score (nSPS) is 17.5. The molecule has 4 rings (SSSR count). The Morgan fingerprint density at radius 2 is 2.00 bits per heavy atom. The minimum Gasteiger partial charge on any atom is -0.454 e. The van der Waals surface area contributed by atoms with E-state index >= 15 is 0 Å². The molecule has 5 nitrogen and oxygen atoms in total. The maximum absolute atomic E-state index is 5.93.